The van der Waals surface area contributed by atoms with Crippen LogP contribution in [0.3, 0.4) is 0 Å². The molecule has 16 heavy (non-hydrogen) atoms. The van der Waals surface area contributed by atoms with Crippen molar-refractivity contribution in [1.29, 1.82) is 0 Å². The van der Waals surface area contributed by atoms with Crippen molar-refractivity contribution in [2.75, 3.05) is 35.4 Å². The Morgan fingerprint density at radius 1 is 1.06 bits per heavy atom. The van der Waals surface area contributed by atoms with Crippen LogP contribution in [0.4, 0.5) is 0 Å². The zero-order valence-electron chi connectivity index (χ0n) is 11.1. The monoisotopic (exact) mass is 224 g/mol. The first-order valence-corrected chi connectivity index (χ1v) is 5.39. The second-order valence-corrected chi connectivity index (χ2v) is 5.07. The predicted octanol–water partition coefficient (Wildman–Crippen LogP) is 2.22. The third kappa shape index (κ3) is 3.14. The highest BCUT2D eigenvalue weighted by molar-refractivity contribution is 5.45. The molecule has 0 bridgehead atoms. The van der Waals surface area contributed by atoms with E-state index in [0.29, 0.717) is 0 Å². The van der Waals surface area contributed by atoms with Crippen LogP contribution in [0.25, 0.3) is 0 Å². The molecular formula is C13H22NO2+. The highest BCUT2D eigenvalue weighted by Gasteiger charge is 2.16. The van der Waals surface area contributed by atoms with Crippen LogP contribution in [0.2, 0.25) is 0 Å². The fourth-order valence-corrected chi connectivity index (χ4v) is 1.73. The smallest absolute Gasteiger partial charge is 0.131 e. The summed E-state index contributed by atoms with van der Waals surface area (Å²) in [4.78, 5) is 0. The van der Waals surface area contributed by atoms with Crippen LogP contribution in [0, 0.1) is 6.92 Å². The Kier molecular flexibility index (Phi) is 3.81. The topological polar surface area (TPSA) is 18.5 Å². The van der Waals surface area contributed by atoms with E-state index in [9.17, 15) is 0 Å². The van der Waals surface area contributed by atoms with Crippen molar-refractivity contribution in [3.63, 3.8) is 0 Å². The number of nitrogens with zero attached hydrogens (tertiary/aromatic N) is 1. The fraction of sp³-hybridized carbons (Fsp3) is 0.538. The molecule has 0 aliphatic carbocycles. The molecule has 0 heterocycles. The van der Waals surface area contributed by atoms with Gasteiger partial charge in [0.05, 0.1) is 40.9 Å². The lowest BCUT2D eigenvalue weighted by molar-refractivity contribution is -0.884. The SMILES string of the molecule is COc1cc(C)c(C[N+](C)(C)C)c(OC)c1. The van der Waals surface area contributed by atoms with E-state index in [1.165, 1.54) is 11.1 Å². The number of quaternary nitrogens is 1. The van der Waals surface area contributed by atoms with Crippen LogP contribution >= 0.6 is 0 Å². The molecule has 3 nitrogen and oxygen atoms in total. The van der Waals surface area contributed by atoms with Crippen molar-refractivity contribution in [2.24, 2.45) is 0 Å². The fourth-order valence-electron chi connectivity index (χ4n) is 1.73. The average Bonchev–Trinajstić information content (AvgIpc) is 2.19. The summed E-state index contributed by atoms with van der Waals surface area (Å²) in [6.45, 7) is 3.04. The minimum atomic E-state index is 0.847. The first kappa shape index (κ1) is 12.8. The summed E-state index contributed by atoms with van der Waals surface area (Å²) in [6.07, 6.45) is 0. The summed E-state index contributed by atoms with van der Waals surface area (Å²) in [6, 6.07) is 3.99. The first-order valence-electron chi connectivity index (χ1n) is 5.39. The van der Waals surface area contributed by atoms with Gasteiger partial charge in [-0.2, -0.15) is 0 Å². The molecule has 0 aromatic heterocycles. The number of hydrogen-bond donors (Lipinski definition) is 0. The Balaban J connectivity index is 3.16. The molecule has 0 atom stereocenters. The predicted molar refractivity (Wildman–Crippen MR) is 66.0 cm³/mol. The van der Waals surface area contributed by atoms with Crippen LogP contribution in [0.1, 0.15) is 11.1 Å². The van der Waals surface area contributed by atoms with E-state index in [1.807, 2.05) is 12.1 Å². The Morgan fingerprint density at radius 2 is 1.69 bits per heavy atom. The summed E-state index contributed by atoms with van der Waals surface area (Å²) < 4.78 is 11.5. The van der Waals surface area contributed by atoms with Crippen molar-refractivity contribution in [3.05, 3.63) is 23.3 Å². The van der Waals surface area contributed by atoms with Gasteiger partial charge in [-0.25, -0.2) is 0 Å². The highest BCUT2D eigenvalue weighted by Crippen LogP contribution is 2.29. The van der Waals surface area contributed by atoms with Gasteiger partial charge in [0.25, 0.3) is 0 Å². The van der Waals surface area contributed by atoms with E-state index >= 15 is 0 Å². The van der Waals surface area contributed by atoms with Gasteiger partial charge in [-0.15, -0.1) is 0 Å². The van der Waals surface area contributed by atoms with Crippen LogP contribution < -0.4 is 9.47 Å². The maximum Gasteiger partial charge on any atom is 0.131 e. The molecule has 0 N–H and O–H groups in total. The Morgan fingerprint density at radius 3 is 2.12 bits per heavy atom. The molecule has 1 aromatic carbocycles. The lowest BCUT2D eigenvalue weighted by atomic mass is 10.1. The molecule has 0 amide bonds. The van der Waals surface area contributed by atoms with Crippen molar-refractivity contribution < 1.29 is 14.0 Å². The average molecular weight is 224 g/mol. The summed E-state index contributed by atoms with van der Waals surface area (Å²) >= 11 is 0. The summed E-state index contributed by atoms with van der Waals surface area (Å²) in [5.74, 6) is 1.75. The van der Waals surface area contributed by atoms with Gasteiger partial charge in [-0.05, 0) is 18.6 Å². The van der Waals surface area contributed by atoms with E-state index in [4.69, 9.17) is 9.47 Å². The normalized spacial score (nSPS) is 11.4. The van der Waals surface area contributed by atoms with E-state index in [1.54, 1.807) is 14.2 Å². The number of hydrogen-bond acceptors (Lipinski definition) is 2. The third-order valence-electron chi connectivity index (χ3n) is 2.49. The van der Waals surface area contributed by atoms with E-state index < -0.39 is 0 Å². The molecule has 0 spiro atoms. The lowest BCUT2D eigenvalue weighted by Gasteiger charge is -2.26. The Labute approximate surface area is 98.2 Å². The molecular weight excluding hydrogens is 202 g/mol. The van der Waals surface area contributed by atoms with Crippen LogP contribution in [-0.4, -0.2) is 39.8 Å². The van der Waals surface area contributed by atoms with Gasteiger partial charge in [-0.1, -0.05) is 0 Å². The summed E-state index contributed by atoms with van der Waals surface area (Å²) in [7, 11) is 9.89. The molecule has 0 radical (unpaired) electrons. The van der Waals surface area contributed by atoms with Crippen LogP contribution in [0.15, 0.2) is 12.1 Å². The summed E-state index contributed by atoms with van der Waals surface area (Å²) in [5, 5.41) is 0. The van der Waals surface area contributed by atoms with E-state index in [0.717, 1.165) is 22.5 Å². The standard InChI is InChI=1S/C13H22NO2/c1-10-7-11(15-5)8-13(16-6)12(10)9-14(2,3)4/h7-8H,9H2,1-6H3/q+1. The first-order chi connectivity index (χ1) is 7.37. The molecule has 3 heteroatoms. The third-order valence-corrected chi connectivity index (χ3v) is 2.49. The maximum absolute atomic E-state index is 5.42. The maximum atomic E-state index is 5.42. The van der Waals surface area contributed by atoms with Crippen molar-refractivity contribution in [2.45, 2.75) is 13.5 Å². The molecule has 0 saturated carbocycles. The van der Waals surface area contributed by atoms with E-state index in [-0.39, 0.29) is 0 Å². The van der Waals surface area contributed by atoms with Crippen LogP contribution in [0.5, 0.6) is 11.5 Å². The summed E-state index contributed by atoms with van der Waals surface area (Å²) in [5.41, 5.74) is 2.46. The van der Waals surface area contributed by atoms with E-state index in [2.05, 4.69) is 28.1 Å². The second-order valence-electron chi connectivity index (χ2n) is 5.07. The van der Waals surface area contributed by atoms with Gasteiger partial charge >= 0.3 is 0 Å². The quantitative estimate of drug-likeness (QED) is 0.730. The number of ether oxygens (including phenoxy) is 2. The highest BCUT2D eigenvalue weighted by atomic mass is 16.5. The molecule has 90 valence electrons. The second kappa shape index (κ2) is 4.74. The Hall–Kier alpha value is -1.22. The minimum Gasteiger partial charge on any atom is -0.497 e. The molecule has 0 aliphatic heterocycles. The van der Waals surface area contributed by atoms with Crippen LogP contribution in [-0.2, 0) is 6.54 Å². The van der Waals surface area contributed by atoms with Gasteiger partial charge in [-0.3, -0.25) is 0 Å². The van der Waals surface area contributed by atoms with Gasteiger partial charge in [0.15, 0.2) is 0 Å². The molecule has 1 aromatic rings. The minimum absolute atomic E-state index is 0.847. The lowest BCUT2D eigenvalue weighted by Crippen LogP contribution is -2.33. The zero-order valence-corrected chi connectivity index (χ0v) is 11.1. The van der Waals surface area contributed by atoms with Gasteiger partial charge in [0.2, 0.25) is 0 Å². The van der Waals surface area contributed by atoms with Gasteiger partial charge < -0.3 is 14.0 Å². The molecule has 0 fully saturated rings. The number of rotatable bonds is 4. The molecule has 0 unspecified atom stereocenters. The van der Waals surface area contributed by atoms with Crippen molar-refractivity contribution in [1.82, 2.24) is 0 Å². The van der Waals surface area contributed by atoms with Crippen molar-refractivity contribution in [3.8, 4) is 11.5 Å². The number of aryl methyl sites for hydroxylation is 1. The molecule has 1 rings (SSSR count). The van der Waals surface area contributed by atoms with Gasteiger partial charge in [0.1, 0.15) is 18.0 Å². The van der Waals surface area contributed by atoms with Gasteiger partial charge in [0, 0.05) is 6.07 Å². The number of methoxy groups -OCH3 is 2. The molecule has 0 aliphatic rings. The molecule has 0 saturated heterocycles. The zero-order chi connectivity index (χ0) is 12.3. The Bertz CT molecular complexity index is 367. The largest absolute Gasteiger partial charge is 0.497 e. The number of benzene rings is 1. The van der Waals surface area contributed by atoms with Crippen molar-refractivity contribution >= 4 is 0 Å².